The van der Waals surface area contributed by atoms with Crippen molar-refractivity contribution in [3.63, 3.8) is 0 Å². The first-order chi connectivity index (χ1) is 7.72. The summed E-state index contributed by atoms with van der Waals surface area (Å²) in [6, 6.07) is 7.27. The first-order valence-electron chi connectivity index (χ1n) is 5.07. The molecule has 1 atom stereocenters. The molecule has 16 heavy (non-hydrogen) atoms. The van der Waals surface area contributed by atoms with Crippen molar-refractivity contribution in [3.8, 4) is 5.75 Å². The summed E-state index contributed by atoms with van der Waals surface area (Å²) in [6.45, 7) is 0.370. The van der Waals surface area contributed by atoms with E-state index in [0.717, 1.165) is 11.5 Å². The van der Waals surface area contributed by atoms with Crippen LogP contribution in [0.1, 0.15) is 0 Å². The molecule has 0 aliphatic heterocycles. The van der Waals surface area contributed by atoms with Crippen LogP contribution in [0, 0.1) is 0 Å². The Morgan fingerprint density at radius 3 is 2.94 bits per heavy atom. The lowest BCUT2D eigenvalue weighted by Gasteiger charge is -2.08. The van der Waals surface area contributed by atoms with E-state index in [4.69, 9.17) is 20.7 Å². The van der Waals surface area contributed by atoms with Crippen LogP contribution in [0.15, 0.2) is 24.3 Å². The molecule has 4 N–H and O–H groups in total. The zero-order chi connectivity index (χ0) is 11.8. The number of thioether (sulfide) groups is 1. The number of nitrogen functional groups attached to an aromatic ring is 1. The van der Waals surface area contributed by atoms with E-state index in [1.807, 2.05) is 12.1 Å². The third kappa shape index (κ3) is 5.25. The van der Waals surface area contributed by atoms with Gasteiger partial charge in [-0.3, -0.25) is 0 Å². The van der Waals surface area contributed by atoms with Crippen molar-refractivity contribution in [3.05, 3.63) is 24.3 Å². The zero-order valence-electron chi connectivity index (χ0n) is 9.00. The van der Waals surface area contributed by atoms with Crippen LogP contribution >= 0.6 is 11.8 Å². The van der Waals surface area contributed by atoms with E-state index in [2.05, 4.69) is 0 Å². The summed E-state index contributed by atoms with van der Waals surface area (Å²) in [5.41, 5.74) is 6.28. The average molecular weight is 243 g/mol. The number of nitrogens with two attached hydrogens (primary N) is 1. The minimum Gasteiger partial charge on any atom is -0.493 e. The fraction of sp³-hybridized carbons (Fsp3) is 0.455. The van der Waals surface area contributed by atoms with Crippen molar-refractivity contribution in [1.82, 2.24) is 0 Å². The van der Waals surface area contributed by atoms with Gasteiger partial charge in [0.1, 0.15) is 5.75 Å². The molecule has 1 aromatic rings. The molecule has 1 aromatic carbocycles. The lowest BCUT2D eigenvalue weighted by atomic mass is 10.3. The Hall–Kier alpha value is -0.910. The Morgan fingerprint density at radius 1 is 1.44 bits per heavy atom. The number of hydrogen-bond donors (Lipinski definition) is 3. The summed E-state index contributed by atoms with van der Waals surface area (Å²) < 4.78 is 5.46. The minimum atomic E-state index is -0.641. The highest BCUT2D eigenvalue weighted by Crippen LogP contribution is 2.14. The van der Waals surface area contributed by atoms with E-state index in [-0.39, 0.29) is 6.61 Å². The molecule has 0 aliphatic rings. The van der Waals surface area contributed by atoms with Crippen molar-refractivity contribution < 1.29 is 14.9 Å². The highest BCUT2D eigenvalue weighted by atomic mass is 32.2. The smallest absolute Gasteiger partial charge is 0.121 e. The Labute approximate surface area is 99.4 Å². The number of anilines is 1. The highest BCUT2D eigenvalue weighted by Gasteiger charge is 2.01. The van der Waals surface area contributed by atoms with Crippen LogP contribution in [0.4, 0.5) is 5.69 Å². The van der Waals surface area contributed by atoms with Gasteiger partial charge in [0.15, 0.2) is 0 Å². The van der Waals surface area contributed by atoms with Gasteiger partial charge in [0.05, 0.1) is 19.3 Å². The van der Waals surface area contributed by atoms with E-state index in [1.165, 1.54) is 0 Å². The molecular formula is C11H17NO3S. The number of ether oxygens (including phenoxy) is 1. The van der Waals surface area contributed by atoms with Gasteiger partial charge < -0.3 is 20.7 Å². The second-order valence-corrected chi connectivity index (χ2v) is 4.48. The molecule has 5 heteroatoms. The molecule has 0 saturated heterocycles. The molecule has 0 radical (unpaired) electrons. The van der Waals surface area contributed by atoms with E-state index in [1.54, 1.807) is 23.9 Å². The predicted molar refractivity (Wildman–Crippen MR) is 66.8 cm³/mol. The maximum atomic E-state index is 9.08. The zero-order valence-corrected chi connectivity index (χ0v) is 9.82. The lowest BCUT2D eigenvalue weighted by Crippen LogP contribution is -2.15. The fourth-order valence-electron chi connectivity index (χ4n) is 1.09. The summed E-state index contributed by atoms with van der Waals surface area (Å²) in [5, 5.41) is 17.7. The van der Waals surface area contributed by atoms with Gasteiger partial charge in [-0.05, 0) is 12.1 Å². The van der Waals surface area contributed by atoms with Crippen LogP contribution in [-0.4, -0.2) is 41.0 Å². The lowest BCUT2D eigenvalue weighted by molar-refractivity contribution is 0.113. The molecule has 1 rings (SSSR count). The highest BCUT2D eigenvalue weighted by molar-refractivity contribution is 7.99. The van der Waals surface area contributed by atoms with Gasteiger partial charge in [-0.15, -0.1) is 0 Å². The molecule has 4 nitrogen and oxygen atoms in total. The van der Waals surface area contributed by atoms with E-state index >= 15 is 0 Å². The van der Waals surface area contributed by atoms with Crippen LogP contribution in [0.2, 0.25) is 0 Å². The monoisotopic (exact) mass is 243 g/mol. The summed E-state index contributed by atoms with van der Waals surface area (Å²) in [6.07, 6.45) is -0.641. The van der Waals surface area contributed by atoms with Gasteiger partial charge in [-0.2, -0.15) is 11.8 Å². The number of aliphatic hydroxyl groups excluding tert-OH is 2. The third-order valence-corrected chi connectivity index (χ3v) is 2.95. The fourth-order valence-corrected chi connectivity index (χ4v) is 1.84. The maximum Gasteiger partial charge on any atom is 0.121 e. The van der Waals surface area contributed by atoms with Crippen molar-refractivity contribution in [2.75, 3.05) is 30.5 Å². The third-order valence-electron chi connectivity index (χ3n) is 1.88. The minimum absolute atomic E-state index is 0.191. The van der Waals surface area contributed by atoms with Crippen LogP contribution in [0.5, 0.6) is 5.75 Å². The first-order valence-corrected chi connectivity index (χ1v) is 6.23. The van der Waals surface area contributed by atoms with Gasteiger partial charge in [0.25, 0.3) is 0 Å². The average Bonchev–Trinajstić information content (AvgIpc) is 2.28. The molecule has 0 saturated carbocycles. The van der Waals surface area contributed by atoms with Gasteiger partial charge in [0, 0.05) is 23.3 Å². The van der Waals surface area contributed by atoms with Gasteiger partial charge in [-0.25, -0.2) is 0 Å². The van der Waals surface area contributed by atoms with E-state index in [9.17, 15) is 0 Å². The largest absolute Gasteiger partial charge is 0.493 e. The van der Waals surface area contributed by atoms with Crippen molar-refractivity contribution in [1.29, 1.82) is 0 Å². The molecule has 1 unspecified atom stereocenters. The summed E-state index contributed by atoms with van der Waals surface area (Å²) in [4.78, 5) is 0. The van der Waals surface area contributed by atoms with E-state index < -0.39 is 6.10 Å². The number of rotatable bonds is 7. The Bertz CT molecular complexity index is 309. The van der Waals surface area contributed by atoms with Crippen molar-refractivity contribution in [2.45, 2.75) is 6.10 Å². The molecule has 90 valence electrons. The quantitative estimate of drug-likeness (QED) is 0.486. The summed E-state index contributed by atoms with van der Waals surface area (Å²) >= 11 is 1.54. The Balaban J connectivity index is 2.12. The van der Waals surface area contributed by atoms with Crippen LogP contribution in [0.3, 0.4) is 0 Å². The molecule has 0 bridgehead atoms. The van der Waals surface area contributed by atoms with E-state index in [0.29, 0.717) is 18.0 Å². The molecule has 0 amide bonds. The normalized spacial score (nSPS) is 12.4. The predicted octanol–water partition coefficient (Wildman–Crippen LogP) is 0.734. The van der Waals surface area contributed by atoms with Gasteiger partial charge in [0.2, 0.25) is 0 Å². The van der Waals surface area contributed by atoms with Crippen LogP contribution in [-0.2, 0) is 0 Å². The van der Waals surface area contributed by atoms with Crippen LogP contribution < -0.4 is 10.5 Å². The number of hydrogen-bond acceptors (Lipinski definition) is 5. The number of benzene rings is 1. The van der Waals surface area contributed by atoms with Crippen molar-refractivity contribution in [2.24, 2.45) is 0 Å². The molecule has 0 heterocycles. The molecule has 0 fully saturated rings. The molecular weight excluding hydrogens is 226 g/mol. The maximum absolute atomic E-state index is 9.08. The molecule has 0 spiro atoms. The summed E-state index contributed by atoms with van der Waals surface area (Å²) in [5.74, 6) is 2.05. The first kappa shape index (κ1) is 13.2. The number of aliphatic hydroxyl groups is 2. The SMILES string of the molecule is Nc1cccc(OCCSCC(O)CO)c1. The van der Waals surface area contributed by atoms with Crippen molar-refractivity contribution >= 4 is 17.4 Å². The summed E-state index contributed by atoms with van der Waals surface area (Å²) in [7, 11) is 0. The van der Waals surface area contributed by atoms with Gasteiger partial charge in [-0.1, -0.05) is 6.07 Å². The van der Waals surface area contributed by atoms with Gasteiger partial charge >= 0.3 is 0 Å². The Kier molecular flexibility index (Phi) is 6.07. The topological polar surface area (TPSA) is 75.7 Å². The Morgan fingerprint density at radius 2 is 2.25 bits per heavy atom. The molecule has 0 aromatic heterocycles. The molecule has 0 aliphatic carbocycles. The van der Waals surface area contributed by atoms with Crippen LogP contribution in [0.25, 0.3) is 0 Å². The second-order valence-electron chi connectivity index (χ2n) is 3.33. The second kappa shape index (κ2) is 7.38. The standard InChI is InChI=1S/C11H17NO3S/c12-9-2-1-3-11(6-9)15-4-5-16-8-10(14)7-13/h1-3,6,10,13-14H,4-5,7-8,12H2.